The molecule has 0 spiro atoms. The first kappa shape index (κ1) is 23.6. The van der Waals surface area contributed by atoms with Crippen molar-refractivity contribution in [2.45, 2.75) is 57.5 Å². The molecule has 2 aromatic rings. The maximum Gasteiger partial charge on any atom is 0.490 e. The lowest BCUT2D eigenvalue weighted by Gasteiger charge is -2.19. The quantitative estimate of drug-likeness (QED) is 0.656. The number of halogens is 3. The van der Waals surface area contributed by atoms with E-state index in [1.54, 1.807) is 0 Å². The molecular formula is C23H25F3N2O4. The van der Waals surface area contributed by atoms with Crippen molar-refractivity contribution in [1.29, 1.82) is 0 Å². The number of hydrogen-bond acceptors (Lipinski definition) is 4. The summed E-state index contributed by atoms with van der Waals surface area (Å²) in [6, 6.07) is 14.1. The number of rotatable bonds is 3. The summed E-state index contributed by atoms with van der Waals surface area (Å²) in [5.74, 6) is -1.73. The van der Waals surface area contributed by atoms with Crippen molar-refractivity contribution < 1.29 is 32.6 Å². The number of nitrogens with one attached hydrogen (secondary N) is 2. The van der Waals surface area contributed by atoms with Crippen LogP contribution in [0, 0.1) is 0 Å². The van der Waals surface area contributed by atoms with Crippen molar-refractivity contribution >= 4 is 17.6 Å². The Kier molecular flexibility index (Phi) is 6.78. The highest BCUT2D eigenvalue weighted by atomic mass is 19.4. The van der Waals surface area contributed by atoms with Crippen LogP contribution in [-0.2, 0) is 29.0 Å². The van der Waals surface area contributed by atoms with Gasteiger partial charge in [-0.2, -0.15) is 13.2 Å². The fourth-order valence-corrected chi connectivity index (χ4v) is 3.76. The van der Waals surface area contributed by atoms with E-state index in [0.717, 1.165) is 36.3 Å². The summed E-state index contributed by atoms with van der Waals surface area (Å²) in [7, 11) is 0. The Bertz CT molecular complexity index is 1000. The van der Waals surface area contributed by atoms with Gasteiger partial charge in [0.05, 0.1) is 6.04 Å². The molecule has 4 rings (SSSR count). The third-order valence-corrected chi connectivity index (χ3v) is 5.25. The van der Waals surface area contributed by atoms with Crippen LogP contribution in [0.1, 0.15) is 37.0 Å². The van der Waals surface area contributed by atoms with Crippen LogP contribution in [0.5, 0.6) is 5.75 Å². The van der Waals surface area contributed by atoms with Gasteiger partial charge in [-0.25, -0.2) is 4.79 Å². The average Bonchev–Trinajstić information content (AvgIpc) is 2.93. The van der Waals surface area contributed by atoms with E-state index in [-0.39, 0.29) is 17.6 Å². The van der Waals surface area contributed by atoms with Crippen LogP contribution in [0.4, 0.5) is 18.9 Å². The van der Waals surface area contributed by atoms with Gasteiger partial charge in [-0.15, -0.1) is 0 Å². The number of anilines is 1. The Hall–Kier alpha value is -3.07. The number of carbonyl (C=O) groups excluding carboxylic acids is 1. The maximum atomic E-state index is 12.5. The van der Waals surface area contributed by atoms with Crippen molar-refractivity contribution in [3.05, 3.63) is 59.2 Å². The van der Waals surface area contributed by atoms with E-state index in [1.807, 2.05) is 18.2 Å². The number of carboxylic acid groups (broad SMARTS) is 1. The summed E-state index contributed by atoms with van der Waals surface area (Å²) in [6.07, 6.45) is -2.47. The monoisotopic (exact) mass is 450 g/mol. The van der Waals surface area contributed by atoms with Crippen molar-refractivity contribution in [3.63, 3.8) is 0 Å². The van der Waals surface area contributed by atoms with E-state index in [0.29, 0.717) is 6.54 Å². The molecular weight excluding hydrogens is 425 g/mol. The Morgan fingerprint density at radius 1 is 1.19 bits per heavy atom. The number of fused-ring (bicyclic) bond motifs is 2. The van der Waals surface area contributed by atoms with E-state index < -0.39 is 12.1 Å². The largest absolute Gasteiger partial charge is 0.490 e. The normalized spacial score (nSPS) is 18.8. The predicted molar refractivity (Wildman–Crippen MR) is 113 cm³/mol. The van der Waals surface area contributed by atoms with E-state index in [9.17, 15) is 18.0 Å². The topological polar surface area (TPSA) is 87.7 Å². The SMILES string of the molecule is CC1(C)Cc2cccc(CNC3CCc4ccccc4NC3=O)c2O1.O=C(O)C(F)(F)F. The van der Waals surface area contributed by atoms with Gasteiger partial charge in [0, 0.05) is 24.2 Å². The van der Waals surface area contributed by atoms with Crippen LogP contribution in [-0.4, -0.2) is 34.8 Å². The number of aliphatic carboxylic acids is 1. The van der Waals surface area contributed by atoms with E-state index >= 15 is 0 Å². The summed E-state index contributed by atoms with van der Waals surface area (Å²) in [4.78, 5) is 21.4. The first-order valence-corrected chi connectivity index (χ1v) is 10.2. The van der Waals surface area contributed by atoms with E-state index in [1.165, 1.54) is 11.1 Å². The third-order valence-electron chi connectivity index (χ3n) is 5.25. The fraction of sp³-hybridized carbons (Fsp3) is 0.391. The summed E-state index contributed by atoms with van der Waals surface area (Å²) < 4.78 is 37.9. The fourth-order valence-electron chi connectivity index (χ4n) is 3.76. The molecule has 2 heterocycles. The smallest absolute Gasteiger partial charge is 0.487 e. The van der Waals surface area contributed by atoms with Crippen molar-refractivity contribution in [2.24, 2.45) is 0 Å². The summed E-state index contributed by atoms with van der Waals surface area (Å²) >= 11 is 0. The number of carboxylic acids is 1. The number of hydrogen-bond donors (Lipinski definition) is 3. The van der Waals surface area contributed by atoms with Gasteiger partial charge in [0.25, 0.3) is 0 Å². The summed E-state index contributed by atoms with van der Waals surface area (Å²) in [5, 5.41) is 13.6. The molecule has 1 unspecified atom stereocenters. The zero-order valence-electron chi connectivity index (χ0n) is 17.8. The highest BCUT2D eigenvalue weighted by Crippen LogP contribution is 2.37. The highest BCUT2D eigenvalue weighted by Gasteiger charge is 2.38. The van der Waals surface area contributed by atoms with Gasteiger partial charge < -0.3 is 20.5 Å². The van der Waals surface area contributed by atoms with E-state index in [2.05, 4.69) is 48.7 Å². The van der Waals surface area contributed by atoms with Gasteiger partial charge in [0.1, 0.15) is 11.4 Å². The van der Waals surface area contributed by atoms with Gasteiger partial charge in [0.2, 0.25) is 5.91 Å². The highest BCUT2D eigenvalue weighted by molar-refractivity contribution is 5.96. The summed E-state index contributed by atoms with van der Waals surface area (Å²) in [6.45, 7) is 4.86. The Morgan fingerprint density at radius 3 is 2.53 bits per heavy atom. The summed E-state index contributed by atoms with van der Waals surface area (Å²) in [5.41, 5.74) is 4.35. The molecule has 0 saturated heterocycles. The zero-order chi connectivity index (χ0) is 23.5. The number of ether oxygens (including phenoxy) is 1. The molecule has 0 bridgehead atoms. The zero-order valence-corrected chi connectivity index (χ0v) is 17.8. The minimum absolute atomic E-state index is 0.0405. The first-order valence-electron chi connectivity index (χ1n) is 10.2. The number of benzene rings is 2. The molecule has 32 heavy (non-hydrogen) atoms. The van der Waals surface area contributed by atoms with Gasteiger partial charge in [-0.3, -0.25) is 4.79 Å². The number of carbonyl (C=O) groups is 2. The van der Waals surface area contributed by atoms with Gasteiger partial charge in [-0.1, -0.05) is 36.4 Å². The van der Waals surface area contributed by atoms with Crippen LogP contribution in [0.2, 0.25) is 0 Å². The van der Waals surface area contributed by atoms with Crippen LogP contribution in [0.3, 0.4) is 0 Å². The third kappa shape index (κ3) is 5.79. The molecule has 2 aliphatic heterocycles. The number of amides is 1. The second-order valence-corrected chi connectivity index (χ2v) is 8.37. The minimum atomic E-state index is -5.08. The van der Waals surface area contributed by atoms with Gasteiger partial charge >= 0.3 is 12.1 Å². The second-order valence-electron chi connectivity index (χ2n) is 8.37. The lowest BCUT2D eigenvalue weighted by molar-refractivity contribution is -0.192. The Balaban J connectivity index is 0.000000360. The minimum Gasteiger partial charge on any atom is -0.487 e. The molecule has 3 N–H and O–H groups in total. The van der Waals surface area contributed by atoms with Gasteiger partial charge in [0.15, 0.2) is 0 Å². The number of para-hydroxylation sites is 2. The Labute approximate surface area is 183 Å². The molecule has 2 aliphatic rings. The van der Waals surface area contributed by atoms with Gasteiger partial charge in [-0.05, 0) is 43.9 Å². The van der Waals surface area contributed by atoms with Crippen LogP contribution < -0.4 is 15.4 Å². The standard InChI is InChI=1S/C21H24N2O2.C2HF3O2/c1-21(2)12-15-7-5-8-16(19(15)25-21)13-22-18-11-10-14-6-3-4-9-17(14)23-20(18)24;3-2(4,5)1(6)7/h3-9,18,22H,10-13H2,1-2H3,(H,23,24);(H,6,7). The Morgan fingerprint density at radius 2 is 1.84 bits per heavy atom. The molecule has 2 aromatic carbocycles. The second kappa shape index (κ2) is 9.20. The molecule has 0 aliphatic carbocycles. The lowest BCUT2D eigenvalue weighted by atomic mass is 10.0. The van der Waals surface area contributed by atoms with Crippen LogP contribution in [0.25, 0.3) is 0 Å². The molecule has 1 atom stereocenters. The molecule has 172 valence electrons. The first-order chi connectivity index (χ1) is 15.0. The predicted octanol–water partition coefficient (Wildman–Crippen LogP) is 4.08. The molecule has 9 heteroatoms. The molecule has 0 saturated carbocycles. The van der Waals surface area contributed by atoms with Crippen molar-refractivity contribution in [3.8, 4) is 5.75 Å². The van der Waals surface area contributed by atoms with Crippen molar-refractivity contribution in [2.75, 3.05) is 5.32 Å². The van der Waals surface area contributed by atoms with Crippen LogP contribution >= 0.6 is 0 Å². The number of alkyl halides is 3. The molecule has 0 aromatic heterocycles. The maximum absolute atomic E-state index is 12.5. The van der Waals surface area contributed by atoms with Crippen molar-refractivity contribution in [1.82, 2.24) is 5.32 Å². The van der Waals surface area contributed by atoms with E-state index in [4.69, 9.17) is 14.6 Å². The molecule has 6 nitrogen and oxygen atoms in total. The lowest BCUT2D eigenvalue weighted by Crippen LogP contribution is -2.39. The van der Waals surface area contributed by atoms with Crippen LogP contribution in [0.15, 0.2) is 42.5 Å². The molecule has 0 fully saturated rings. The molecule has 0 radical (unpaired) electrons. The molecule has 1 amide bonds. The average molecular weight is 450 g/mol. The number of aryl methyl sites for hydroxylation is 1.